The molecule has 1 aromatic heterocycles. The van der Waals surface area contributed by atoms with Gasteiger partial charge in [-0.25, -0.2) is 8.42 Å². The number of carbonyl (C=O) groups is 1. The van der Waals surface area contributed by atoms with Crippen LogP contribution in [0.25, 0.3) is 22.2 Å². The molecule has 3 rings (SSSR count). The van der Waals surface area contributed by atoms with E-state index in [1.165, 1.54) is 11.9 Å². The van der Waals surface area contributed by atoms with Crippen molar-refractivity contribution < 1.29 is 45.4 Å². The van der Waals surface area contributed by atoms with Gasteiger partial charge < -0.3 is 19.7 Å². The van der Waals surface area contributed by atoms with E-state index in [0.717, 1.165) is 40.6 Å². The Bertz CT molecular complexity index is 1500. The number of halogens is 5. The number of rotatable bonds is 15. The van der Waals surface area contributed by atoms with Gasteiger partial charge in [0, 0.05) is 43.9 Å². The van der Waals surface area contributed by atoms with E-state index in [1.54, 1.807) is 24.3 Å². The molecular weight excluding hydrogens is 595 g/mol. The molecule has 238 valence electrons. The Morgan fingerprint density at radius 1 is 0.884 bits per heavy atom. The van der Waals surface area contributed by atoms with Gasteiger partial charge in [-0.15, -0.1) is 0 Å². The predicted molar refractivity (Wildman–Crippen MR) is 155 cm³/mol. The van der Waals surface area contributed by atoms with E-state index in [2.05, 4.69) is 4.57 Å². The molecule has 0 unspecified atom stereocenters. The molecule has 43 heavy (non-hydrogen) atoms. The second-order valence-electron chi connectivity index (χ2n) is 10.8. The highest BCUT2D eigenvalue weighted by atomic mass is 32.2. The molecule has 0 aliphatic carbocycles. The van der Waals surface area contributed by atoms with Gasteiger partial charge in [-0.1, -0.05) is 6.42 Å². The number of alkyl halides is 5. The molecule has 0 aliphatic rings. The molecule has 0 radical (unpaired) electrons. The van der Waals surface area contributed by atoms with Crippen molar-refractivity contribution in [1.82, 2.24) is 9.47 Å². The van der Waals surface area contributed by atoms with Crippen molar-refractivity contribution in [3.63, 3.8) is 0 Å². The topological polar surface area (TPSA) is 99.8 Å². The first-order chi connectivity index (χ1) is 20.0. The third-order valence-corrected chi connectivity index (χ3v) is 9.27. The van der Waals surface area contributed by atoms with Gasteiger partial charge in [-0.3, -0.25) is 4.79 Å². The number of phenolic OH excluding ortho intramolecular Hbond substituents is 2. The minimum Gasteiger partial charge on any atom is -0.508 e. The Morgan fingerprint density at radius 3 is 2.16 bits per heavy atom. The fraction of sp³-hybridized carbons (Fsp3) is 0.500. The quantitative estimate of drug-likeness (QED) is 0.141. The van der Waals surface area contributed by atoms with E-state index in [4.69, 9.17) is 0 Å². The lowest BCUT2D eigenvalue weighted by atomic mass is 10.1. The van der Waals surface area contributed by atoms with Crippen molar-refractivity contribution in [1.29, 1.82) is 0 Å². The average Bonchev–Trinajstić information content (AvgIpc) is 3.18. The Balaban J connectivity index is 1.46. The maximum Gasteiger partial charge on any atom is 0.453 e. The predicted octanol–water partition coefficient (Wildman–Crippen LogP) is 6.83. The SMILES string of the molecule is Cc1c(-c2ccc(O)cc2)n(CCCCCC(=O)N(C)CCCS(=O)(=O)CCCC(F)(F)C(F)(F)F)c2ccc(O)cc12. The Labute approximate surface area is 247 Å². The number of aromatic nitrogens is 1. The number of aryl methyl sites for hydroxylation is 2. The van der Waals surface area contributed by atoms with Gasteiger partial charge in [0.2, 0.25) is 5.91 Å². The lowest BCUT2D eigenvalue weighted by Crippen LogP contribution is -2.36. The summed E-state index contributed by atoms with van der Waals surface area (Å²) in [4.78, 5) is 13.9. The summed E-state index contributed by atoms with van der Waals surface area (Å²) < 4.78 is 88.9. The zero-order valence-corrected chi connectivity index (χ0v) is 24.9. The molecule has 13 heteroatoms. The Kier molecular flexibility index (Phi) is 11.1. The highest BCUT2D eigenvalue weighted by molar-refractivity contribution is 7.91. The molecule has 0 fully saturated rings. The lowest BCUT2D eigenvalue weighted by Gasteiger charge is -2.19. The van der Waals surface area contributed by atoms with Gasteiger partial charge in [0.25, 0.3) is 0 Å². The maximum absolute atomic E-state index is 13.0. The van der Waals surface area contributed by atoms with E-state index < -0.39 is 46.3 Å². The summed E-state index contributed by atoms with van der Waals surface area (Å²) in [5.41, 5.74) is 3.84. The van der Waals surface area contributed by atoms with Crippen molar-refractivity contribution in [2.24, 2.45) is 0 Å². The highest BCUT2D eigenvalue weighted by Gasteiger charge is 2.56. The second kappa shape index (κ2) is 14.0. The van der Waals surface area contributed by atoms with Gasteiger partial charge >= 0.3 is 12.1 Å². The molecule has 7 nitrogen and oxygen atoms in total. The van der Waals surface area contributed by atoms with Crippen LogP contribution in [0.2, 0.25) is 0 Å². The van der Waals surface area contributed by atoms with Crippen molar-refractivity contribution in [3.05, 3.63) is 48.0 Å². The minimum atomic E-state index is -5.71. The molecule has 0 atom stereocenters. The van der Waals surface area contributed by atoms with Crippen molar-refractivity contribution >= 4 is 26.6 Å². The van der Waals surface area contributed by atoms with E-state index in [9.17, 15) is 45.4 Å². The number of hydrogen-bond acceptors (Lipinski definition) is 5. The zero-order chi connectivity index (χ0) is 32.0. The van der Waals surface area contributed by atoms with Crippen LogP contribution in [0.3, 0.4) is 0 Å². The molecule has 0 bridgehead atoms. The number of benzene rings is 2. The summed E-state index contributed by atoms with van der Waals surface area (Å²) in [6.07, 6.45) is -5.70. The van der Waals surface area contributed by atoms with Crippen LogP contribution in [0.1, 0.15) is 50.5 Å². The van der Waals surface area contributed by atoms with Crippen LogP contribution in [-0.2, 0) is 21.2 Å². The normalized spacial score (nSPS) is 12.6. The van der Waals surface area contributed by atoms with Crippen molar-refractivity contribution in [2.75, 3.05) is 25.1 Å². The van der Waals surface area contributed by atoms with Crippen molar-refractivity contribution in [2.45, 2.75) is 70.5 Å². The molecule has 0 spiro atoms. The van der Waals surface area contributed by atoms with Gasteiger partial charge in [0.05, 0.1) is 17.2 Å². The monoisotopic (exact) mass is 632 g/mol. The van der Waals surface area contributed by atoms with Gasteiger partial charge in [-0.2, -0.15) is 22.0 Å². The minimum absolute atomic E-state index is 0.0515. The average molecular weight is 633 g/mol. The lowest BCUT2D eigenvalue weighted by molar-refractivity contribution is -0.284. The smallest absolute Gasteiger partial charge is 0.453 e. The summed E-state index contributed by atoms with van der Waals surface area (Å²) in [5.74, 6) is -5.97. The van der Waals surface area contributed by atoms with Crippen LogP contribution in [0, 0.1) is 6.92 Å². The van der Waals surface area contributed by atoms with Crippen LogP contribution < -0.4 is 0 Å². The number of amides is 1. The highest BCUT2D eigenvalue weighted by Crippen LogP contribution is 2.39. The van der Waals surface area contributed by atoms with E-state index in [0.29, 0.717) is 13.0 Å². The summed E-state index contributed by atoms with van der Waals surface area (Å²) in [6, 6.07) is 12.1. The molecule has 2 aromatic carbocycles. The first kappa shape index (κ1) is 34.1. The van der Waals surface area contributed by atoms with E-state index in [-0.39, 0.29) is 36.8 Å². The first-order valence-corrected chi connectivity index (χ1v) is 15.8. The van der Waals surface area contributed by atoms with Crippen LogP contribution >= 0.6 is 0 Å². The molecule has 3 aromatic rings. The molecule has 1 amide bonds. The standard InChI is InChI=1S/C30H37F5N2O5S/c1-21-25-20-24(39)13-14-26(25)37(28(21)22-9-11-23(38)12-10-22)17-5-3-4-8-27(40)36(2)16-7-19-43(41,42)18-6-15-29(31,32)30(33,34)35/h9-14,20,38-39H,3-8,15-19H2,1-2H3. The third-order valence-electron chi connectivity index (χ3n) is 7.45. The molecule has 1 heterocycles. The number of carbonyl (C=O) groups excluding carboxylic acids is 1. The molecule has 0 saturated heterocycles. The van der Waals surface area contributed by atoms with Gasteiger partial charge in [0.1, 0.15) is 21.3 Å². The molecular formula is C30H37F5N2O5S. The molecule has 0 saturated carbocycles. The zero-order valence-electron chi connectivity index (χ0n) is 24.1. The summed E-state index contributed by atoms with van der Waals surface area (Å²) >= 11 is 0. The van der Waals surface area contributed by atoms with Crippen LogP contribution in [0.15, 0.2) is 42.5 Å². The fourth-order valence-corrected chi connectivity index (χ4v) is 6.41. The largest absolute Gasteiger partial charge is 0.508 e. The van der Waals surface area contributed by atoms with E-state index in [1.807, 2.05) is 25.1 Å². The molecule has 0 aliphatic heterocycles. The van der Waals surface area contributed by atoms with Gasteiger partial charge in [-0.05, 0) is 86.2 Å². The van der Waals surface area contributed by atoms with Crippen LogP contribution in [0.4, 0.5) is 22.0 Å². The van der Waals surface area contributed by atoms with Gasteiger partial charge in [0.15, 0.2) is 0 Å². The first-order valence-electron chi connectivity index (χ1n) is 14.0. The number of nitrogens with zero attached hydrogens (tertiary/aromatic N) is 2. The van der Waals surface area contributed by atoms with E-state index >= 15 is 0 Å². The number of unbranched alkanes of at least 4 members (excludes halogenated alkanes) is 2. The summed E-state index contributed by atoms with van der Waals surface area (Å²) in [7, 11) is -2.30. The second-order valence-corrected chi connectivity index (χ2v) is 13.1. The number of fused-ring (bicyclic) bond motifs is 1. The Hall–Kier alpha value is -3.35. The van der Waals surface area contributed by atoms with Crippen LogP contribution in [0.5, 0.6) is 11.5 Å². The maximum atomic E-state index is 13.0. The third kappa shape index (κ3) is 9.07. The molecule has 2 N–H and O–H groups in total. The number of aromatic hydroxyl groups is 2. The number of hydrogen-bond donors (Lipinski definition) is 2. The fourth-order valence-electron chi connectivity index (χ4n) is 5.05. The summed E-state index contributed by atoms with van der Waals surface area (Å²) in [5, 5.41) is 20.6. The van der Waals surface area contributed by atoms with Crippen molar-refractivity contribution in [3.8, 4) is 22.8 Å². The summed E-state index contributed by atoms with van der Waals surface area (Å²) in [6.45, 7) is 2.75. The number of sulfone groups is 1. The number of phenols is 2. The van der Waals surface area contributed by atoms with Crippen LogP contribution in [-0.4, -0.2) is 71.2 Å². The Morgan fingerprint density at radius 2 is 1.51 bits per heavy atom.